The molecule has 1 amide bonds. The largest absolute Gasteiger partial charge is 0.350 e. The Morgan fingerprint density at radius 1 is 1.91 bits per heavy atom. The summed E-state index contributed by atoms with van der Waals surface area (Å²) in [6.07, 6.45) is 0. The second kappa shape index (κ2) is 2.83. The van der Waals surface area contributed by atoms with E-state index >= 15 is 0 Å². The van der Waals surface area contributed by atoms with E-state index < -0.39 is 5.72 Å². The second-order valence-corrected chi connectivity index (χ2v) is 2.98. The smallest absolute Gasteiger partial charge is 0.251 e. The standard InChI is InChI=1S/C7H10ClNO2/c1-5-3-11-7(2,4-8)9-6(5)10/h1,3-4H2,2H3,(H,9,10). The molecule has 1 unspecified atom stereocenters. The number of amides is 1. The number of hydrogen-bond acceptors (Lipinski definition) is 2. The zero-order chi connectivity index (χ0) is 8.48. The molecule has 0 saturated carbocycles. The van der Waals surface area contributed by atoms with Crippen molar-refractivity contribution in [2.75, 3.05) is 12.5 Å². The van der Waals surface area contributed by atoms with E-state index in [-0.39, 0.29) is 18.4 Å². The third-order valence-electron chi connectivity index (χ3n) is 1.52. The van der Waals surface area contributed by atoms with Crippen LogP contribution in [0.1, 0.15) is 6.92 Å². The fourth-order valence-corrected chi connectivity index (χ4v) is 0.893. The monoisotopic (exact) mass is 175 g/mol. The van der Waals surface area contributed by atoms with Gasteiger partial charge < -0.3 is 10.1 Å². The summed E-state index contributed by atoms with van der Waals surface area (Å²) in [7, 11) is 0. The van der Waals surface area contributed by atoms with E-state index in [0.717, 1.165) is 0 Å². The van der Waals surface area contributed by atoms with E-state index in [0.29, 0.717) is 5.57 Å². The third-order valence-corrected chi connectivity index (χ3v) is 2.03. The van der Waals surface area contributed by atoms with Gasteiger partial charge in [-0.15, -0.1) is 11.6 Å². The molecule has 62 valence electrons. The van der Waals surface area contributed by atoms with Crippen molar-refractivity contribution in [2.45, 2.75) is 12.6 Å². The molecule has 4 heteroatoms. The molecule has 11 heavy (non-hydrogen) atoms. The van der Waals surface area contributed by atoms with E-state index in [9.17, 15) is 4.79 Å². The minimum Gasteiger partial charge on any atom is -0.350 e. The Morgan fingerprint density at radius 3 is 3.00 bits per heavy atom. The first-order valence-corrected chi connectivity index (χ1v) is 3.81. The highest BCUT2D eigenvalue weighted by molar-refractivity contribution is 6.18. The minimum absolute atomic E-state index is 0.181. The number of carbonyl (C=O) groups excluding carboxylic acids is 1. The molecular formula is C7H10ClNO2. The molecule has 1 atom stereocenters. The Hall–Kier alpha value is -0.540. The van der Waals surface area contributed by atoms with E-state index in [1.165, 1.54) is 0 Å². The van der Waals surface area contributed by atoms with Crippen molar-refractivity contribution in [3.05, 3.63) is 12.2 Å². The first-order chi connectivity index (χ1) is 5.07. The molecule has 0 aromatic rings. The van der Waals surface area contributed by atoms with Gasteiger partial charge in [-0.2, -0.15) is 0 Å². The molecule has 0 spiro atoms. The van der Waals surface area contributed by atoms with Crippen molar-refractivity contribution in [2.24, 2.45) is 0 Å². The van der Waals surface area contributed by atoms with Crippen LogP contribution < -0.4 is 5.32 Å². The summed E-state index contributed by atoms with van der Waals surface area (Å²) in [5.74, 6) is 0.0610. The highest BCUT2D eigenvalue weighted by Crippen LogP contribution is 2.15. The van der Waals surface area contributed by atoms with E-state index in [1.807, 2.05) is 0 Å². The van der Waals surface area contributed by atoms with Crippen LogP contribution in [0, 0.1) is 0 Å². The normalized spacial score (nSPS) is 31.8. The average Bonchev–Trinajstić information content (AvgIpc) is 1.98. The van der Waals surface area contributed by atoms with Crippen LogP contribution in [0.2, 0.25) is 0 Å². The van der Waals surface area contributed by atoms with Crippen molar-refractivity contribution >= 4 is 17.5 Å². The molecule has 0 aromatic carbocycles. The maximum Gasteiger partial charge on any atom is 0.251 e. The van der Waals surface area contributed by atoms with Crippen LogP contribution in [-0.2, 0) is 9.53 Å². The number of carbonyl (C=O) groups is 1. The Balaban J connectivity index is 2.66. The van der Waals surface area contributed by atoms with Gasteiger partial charge in [-0.1, -0.05) is 6.58 Å². The number of ether oxygens (including phenoxy) is 1. The molecule has 1 fully saturated rings. The second-order valence-electron chi connectivity index (χ2n) is 2.71. The maximum atomic E-state index is 11.0. The Kier molecular flexibility index (Phi) is 2.20. The van der Waals surface area contributed by atoms with E-state index in [1.54, 1.807) is 6.92 Å². The van der Waals surface area contributed by atoms with Crippen molar-refractivity contribution in [3.63, 3.8) is 0 Å². The topological polar surface area (TPSA) is 38.3 Å². The molecule has 1 rings (SSSR count). The quantitative estimate of drug-likeness (QED) is 0.469. The lowest BCUT2D eigenvalue weighted by atomic mass is 10.2. The molecule has 3 nitrogen and oxygen atoms in total. The Morgan fingerprint density at radius 2 is 2.55 bits per heavy atom. The Bertz CT molecular complexity index is 205. The zero-order valence-electron chi connectivity index (χ0n) is 6.32. The van der Waals surface area contributed by atoms with Gasteiger partial charge in [0.25, 0.3) is 5.91 Å². The van der Waals surface area contributed by atoms with Gasteiger partial charge in [0.1, 0.15) is 0 Å². The summed E-state index contributed by atoms with van der Waals surface area (Å²) >= 11 is 5.57. The summed E-state index contributed by atoms with van der Waals surface area (Å²) in [6.45, 7) is 5.50. The number of halogens is 1. The average molecular weight is 176 g/mol. The molecule has 0 aromatic heterocycles. The lowest BCUT2D eigenvalue weighted by Gasteiger charge is -2.33. The highest BCUT2D eigenvalue weighted by atomic mass is 35.5. The minimum atomic E-state index is -0.722. The third kappa shape index (κ3) is 1.73. The molecular weight excluding hydrogens is 166 g/mol. The maximum absolute atomic E-state index is 11.0. The number of alkyl halides is 1. The van der Waals surface area contributed by atoms with Crippen LogP contribution in [0.3, 0.4) is 0 Å². The molecule has 1 aliphatic heterocycles. The van der Waals surface area contributed by atoms with Crippen LogP contribution >= 0.6 is 11.6 Å². The molecule has 1 aliphatic rings. The Labute approximate surface area is 70.4 Å². The molecule has 0 radical (unpaired) electrons. The summed E-state index contributed by atoms with van der Waals surface area (Å²) in [4.78, 5) is 11.0. The van der Waals surface area contributed by atoms with Gasteiger partial charge in [-0.05, 0) is 6.92 Å². The van der Waals surface area contributed by atoms with E-state index in [2.05, 4.69) is 11.9 Å². The highest BCUT2D eigenvalue weighted by Gasteiger charge is 2.31. The lowest BCUT2D eigenvalue weighted by Crippen LogP contribution is -2.54. The van der Waals surface area contributed by atoms with Crippen LogP contribution in [0.15, 0.2) is 12.2 Å². The summed E-state index contributed by atoms with van der Waals surface area (Å²) in [6, 6.07) is 0. The van der Waals surface area contributed by atoms with Gasteiger partial charge >= 0.3 is 0 Å². The molecule has 0 bridgehead atoms. The van der Waals surface area contributed by atoms with Crippen LogP contribution in [0.25, 0.3) is 0 Å². The van der Waals surface area contributed by atoms with Crippen molar-refractivity contribution < 1.29 is 9.53 Å². The van der Waals surface area contributed by atoms with Gasteiger partial charge in [-0.25, -0.2) is 0 Å². The van der Waals surface area contributed by atoms with Crippen LogP contribution in [-0.4, -0.2) is 24.1 Å². The van der Waals surface area contributed by atoms with Crippen LogP contribution in [0.5, 0.6) is 0 Å². The predicted octanol–water partition coefficient (Wildman–Crippen LogP) is 0.644. The lowest BCUT2D eigenvalue weighted by molar-refractivity contribution is -0.134. The van der Waals surface area contributed by atoms with Crippen molar-refractivity contribution in [1.29, 1.82) is 0 Å². The van der Waals surface area contributed by atoms with Gasteiger partial charge in [0, 0.05) is 5.57 Å². The van der Waals surface area contributed by atoms with Gasteiger partial charge in [0.15, 0.2) is 5.72 Å². The summed E-state index contributed by atoms with van der Waals surface area (Å²) in [5, 5.41) is 2.60. The molecule has 0 aliphatic carbocycles. The summed E-state index contributed by atoms with van der Waals surface area (Å²) < 4.78 is 5.23. The van der Waals surface area contributed by atoms with Crippen molar-refractivity contribution in [1.82, 2.24) is 5.32 Å². The predicted molar refractivity (Wildman–Crippen MR) is 42.4 cm³/mol. The SMILES string of the molecule is C=C1COC(C)(CCl)NC1=O. The fraction of sp³-hybridized carbons (Fsp3) is 0.571. The van der Waals surface area contributed by atoms with Gasteiger partial charge in [0.2, 0.25) is 0 Å². The first-order valence-electron chi connectivity index (χ1n) is 3.27. The van der Waals surface area contributed by atoms with Gasteiger partial charge in [0.05, 0.1) is 12.5 Å². The van der Waals surface area contributed by atoms with Gasteiger partial charge in [-0.3, -0.25) is 4.79 Å². The number of nitrogens with one attached hydrogen (secondary N) is 1. The molecule has 1 heterocycles. The van der Waals surface area contributed by atoms with Crippen LogP contribution in [0.4, 0.5) is 0 Å². The number of rotatable bonds is 1. The first kappa shape index (κ1) is 8.56. The number of hydrogen-bond donors (Lipinski definition) is 1. The molecule has 1 saturated heterocycles. The van der Waals surface area contributed by atoms with Crippen molar-refractivity contribution in [3.8, 4) is 0 Å². The zero-order valence-corrected chi connectivity index (χ0v) is 7.07. The summed E-state index contributed by atoms with van der Waals surface area (Å²) in [5.41, 5.74) is -0.285. The molecule has 1 N–H and O–H groups in total. The fourth-order valence-electron chi connectivity index (χ4n) is 0.749. The van der Waals surface area contributed by atoms with E-state index in [4.69, 9.17) is 16.3 Å².